The molecule has 1 heterocycles. The van der Waals surface area contributed by atoms with Crippen molar-refractivity contribution in [2.24, 2.45) is 5.92 Å². The first-order valence-corrected chi connectivity index (χ1v) is 11.5. The Bertz CT molecular complexity index is 1070. The Labute approximate surface area is 181 Å². The summed E-state index contributed by atoms with van der Waals surface area (Å²) >= 11 is 0. The molecule has 1 N–H and O–H groups in total. The lowest BCUT2D eigenvalue weighted by Crippen LogP contribution is -2.44. The summed E-state index contributed by atoms with van der Waals surface area (Å²) in [6.45, 7) is 2.12. The monoisotopic (exact) mass is 448 g/mol. The molecule has 1 amide bonds. The van der Waals surface area contributed by atoms with Gasteiger partial charge in [-0.25, -0.2) is 21.9 Å². The molecule has 0 bridgehead atoms. The molecule has 0 aliphatic carbocycles. The average molecular weight is 449 g/mol. The highest BCUT2D eigenvalue weighted by molar-refractivity contribution is 7.88. The second-order valence-electron chi connectivity index (χ2n) is 7.54. The zero-order valence-electron chi connectivity index (χ0n) is 17.4. The fourth-order valence-electron chi connectivity index (χ4n) is 3.63. The van der Waals surface area contributed by atoms with E-state index in [0.717, 1.165) is 0 Å². The summed E-state index contributed by atoms with van der Waals surface area (Å²) in [5.41, 5.74) is 1.91. The van der Waals surface area contributed by atoms with Crippen molar-refractivity contribution in [1.29, 1.82) is 0 Å². The summed E-state index contributed by atoms with van der Waals surface area (Å²) in [5, 5.41) is 2.82. The lowest BCUT2D eigenvalue weighted by Gasteiger charge is -2.31. The number of anilines is 1. The van der Waals surface area contributed by atoms with Gasteiger partial charge in [0, 0.05) is 18.8 Å². The highest BCUT2D eigenvalue weighted by Gasteiger charge is 2.32. The fraction of sp³-hybridized carbons (Fsp3) is 0.364. The van der Waals surface area contributed by atoms with Crippen molar-refractivity contribution >= 4 is 27.6 Å². The average Bonchev–Trinajstić information content (AvgIpc) is 2.76. The Morgan fingerprint density at radius 1 is 1.19 bits per heavy atom. The van der Waals surface area contributed by atoms with Gasteiger partial charge in [-0.15, -0.1) is 0 Å². The van der Waals surface area contributed by atoms with Crippen LogP contribution in [0, 0.1) is 18.7 Å². The first-order valence-electron chi connectivity index (χ1n) is 9.92. The Kier molecular flexibility index (Phi) is 7.07. The largest absolute Gasteiger partial charge is 0.465 e. The van der Waals surface area contributed by atoms with Gasteiger partial charge in [0.2, 0.25) is 15.9 Å². The van der Waals surface area contributed by atoms with Crippen LogP contribution >= 0.6 is 0 Å². The number of nitrogens with one attached hydrogen (secondary N) is 1. The van der Waals surface area contributed by atoms with E-state index in [4.69, 9.17) is 4.74 Å². The van der Waals surface area contributed by atoms with E-state index in [-0.39, 0.29) is 18.2 Å². The number of carbonyl (C=O) groups excluding carboxylic acids is 2. The molecule has 0 radical (unpaired) electrons. The Morgan fingerprint density at radius 3 is 2.58 bits per heavy atom. The second kappa shape index (κ2) is 9.57. The van der Waals surface area contributed by atoms with E-state index in [9.17, 15) is 22.4 Å². The number of piperidine rings is 1. The number of benzene rings is 2. The molecule has 0 aromatic heterocycles. The van der Waals surface area contributed by atoms with E-state index < -0.39 is 27.7 Å². The molecule has 3 rings (SSSR count). The van der Waals surface area contributed by atoms with Gasteiger partial charge in [0.15, 0.2) is 0 Å². The number of amides is 1. The summed E-state index contributed by atoms with van der Waals surface area (Å²) < 4.78 is 44.8. The van der Waals surface area contributed by atoms with Crippen molar-refractivity contribution in [2.45, 2.75) is 25.5 Å². The van der Waals surface area contributed by atoms with Gasteiger partial charge < -0.3 is 10.1 Å². The Balaban J connectivity index is 1.69. The molecular weight excluding hydrogens is 423 g/mol. The molecule has 2 aromatic rings. The first kappa shape index (κ1) is 22.9. The van der Waals surface area contributed by atoms with Crippen LogP contribution in [0.1, 0.15) is 34.3 Å². The summed E-state index contributed by atoms with van der Waals surface area (Å²) in [6.07, 6.45) is 1.12. The van der Waals surface area contributed by atoms with Crippen LogP contribution in [-0.2, 0) is 25.3 Å². The number of rotatable bonds is 6. The molecule has 0 spiro atoms. The van der Waals surface area contributed by atoms with Gasteiger partial charge in [-0.2, -0.15) is 0 Å². The van der Waals surface area contributed by atoms with E-state index in [0.29, 0.717) is 41.8 Å². The lowest BCUT2D eigenvalue weighted by molar-refractivity contribution is -0.120. The Hall–Kier alpha value is -2.78. The number of carbonyl (C=O) groups is 2. The van der Waals surface area contributed by atoms with E-state index in [1.54, 1.807) is 25.1 Å². The van der Waals surface area contributed by atoms with Gasteiger partial charge in [0.1, 0.15) is 5.82 Å². The van der Waals surface area contributed by atoms with Gasteiger partial charge in [0.25, 0.3) is 0 Å². The van der Waals surface area contributed by atoms with E-state index >= 15 is 0 Å². The molecule has 0 saturated carbocycles. The molecule has 0 unspecified atom stereocenters. The van der Waals surface area contributed by atoms with Crippen molar-refractivity contribution in [3.8, 4) is 0 Å². The highest BCUT2D eigenvalue weighted by atomic mass is 32.2. The minimum Gasteiger partial charge on any atom is -0.465 e. The van der Waals surface area contributed by atoms with Crippen molar-refractivity contribution in [3.63, 3.8) is 0 Å². The van der Waals surface area contributed by atoms with Gasteiger partial charge in [-0.3, -0.25) is 4.79 Å². The maximum atomic E-state index is 13.1. The number of methoxy groups -OCH3 is 1. The van der Waals surface area contributed by atoms with Crippen LogP contribution in [0.4, 0.5) is 10.1 Å². The smallest absolute Gasteiger partial charge is 0.338 e. The maximum absolute atomic E-state index is 13.1. The van der Waals surface area contributed by atoms with Crippen molar-refractivity contribution in [2.75, 3.05) is 25.5 Å². The van der Waals surface area contributed by atoms with Crippen LogP contribution in [0.25, 0.3) is 0 Å². The summed E-state index contributed by atoms with van der Waals surface area (Å²) in [5.74, 6) is -1.99. The maximum Gasteiger partial charge on any atom is 0.338 e. The molecule has 31 heavy (non-hydrogen) atoms. The molecule has 7 nitrogen and oxygen atoms in total. The van der Waals surface area contributed by atoms with E-state index in [2.05, 4.69) is 5.32 Å². The summed E-state index contributed by atoms with van der Waals surface area (Å²) in [7, 11) is -2.36. The predicted octanol–water partition coefficient (Wildman–Crippen LogP) is 3.10. The lowest BCUT2D eigenvalue weighted by atomic mass is 9.98. The number of esters is 1. The van der Waals surface area contributed by atoms with Crippen LogP contribution in [0.2, 0.25) is 0 Å². The second-order valence-corrected chi connectivity index (χ2v) is 9.51. The first-order chi connectivity index (χ1) is 14.7. The van der Waals surface area contributed by atoms with Gasteiger partial charge >= 0.3 is 5.97 Å². The number of hydrogen-bond acceptors (Lipinski definition) is 5. The minimum absolute atomic E-state index is 0.0745. The van der Waals surface area contributed by atoms with Crippen molar-refractivity contribution in [3.05, 3.63) is 65.0 Å². The van der Waals surface area contributed by atoms with Gasteiger partial charge in [-0.05, 0) is 55.2 Å². The number of hydrogen-bond donors (Lipinski definition) is 1. The van der Waals surface area contributed by atoms with Crippen molar-refractivity contribution < 1.29 is 27.1 Å². The molecule has 1 aliphatic heterocycles. The molecular formula is C22H25FN2O5S. The quantitative estimate of drug-likeness (QED) is 0.686. The highest BCUT2D eigenvalue weighted by Crippen LogP contribution is 2.25. The minimum atomic E-state index is -3.65. The van der Waals surface area contributed by atoms with Crippen LogP contribution in [-0.4, -0.2) is 44.8 Å². The van der Waals surface area contributed by atoms with Crippen LogP contribution in [0.15, 0.2) is 42.5 Å². The van der Waals surface area contributed by atoms with Crippen LogP contribution < -0.4 is 5.32 Å². The van der Waals surface area contributed by atoms with Crippen LogP contribution in [0.5, 0.6) is 0 Å². The zero-order chi connectivity index (χ0) is 22.6. The van der Waals surface area contributed by atoms with E-state index in [1.165, 1.54) is 35.7 Å². The summed E-state index contributed by atoms with van der Waals surface area (Å²) in [6, 6.07) is 10.3. The Morgan fingerprint density at radius 2 is 1.90 bits per heavy atom. The number of sulfonamides is 1. The zero-order valence-corrected chi connectivity index (χ0v) is 18.2. The molecule has 1 fully saturated rings. The topological polar surface area (TPSA) is 92.8 Å². The van der Waals surface area contributed by atoms with Crippen molar-refractivity contribution in [1.82, 2.24) is 4.31 Å². The fourth-order valence-corrected chi connectivity index (χ4v) is 5.24. The number of halogens is 1. The molecule has 166 valence electrons. The van der Waals surface area contributed by atoms with Crippen LogP contribution in [0.3, 0.4) is 0 Å². The molecule has 2 aromatic carbocycles. The normalized spacial score (nSPS) is 17.2. The SMILES string of the molecule is COC(=O)c1cccc(NC(=O)[C@@H]2CCCN(S(=O)(=O)Cc3ccc(F)cc3)C2)c1C. The number of ether oxygens (including phenoxy) is 1. The standard InChI is InChI=1S/C22H25FN2O5S/c1-15-19(22(27)30-2)6-3-7-20(15)24-21(26)17-5-4-12-25(13-17)31(28,29)14-16-8-10-18(23)11-9-16/h3,6-11,17H,4-5,12-14H2,1-2H3,(H,24,26)/t17-/m1/s1. The summed E-state index contributed by atoms with van der Waals surface area (Å²) in [4.78, 5) is 24.7. The number of nitrogens with zero attached hydrogens (tertiary/aromatic N) is 1. The third-order valence-electron chi connectivity index (χ3n) is 5.41. The molecule has 1 atom stereocenters. The van der Waals surface area contributed by atoms with Gasteiger partial charge in [0.05, 0.1) is 24.3 Å². The molecule has 1 saturated heterocycles. The van der Waals surface area contributed by atoms with Gasteiger partial charge in [-0.1, -0.05) is 18.2 Å². The predicted molar refractivity (Wildman–Crippen MR) is 114 cm³/mol. The third-order valence-corrected chi connectivity index (χ3v) is 7.22. The molecule has 1 aliphatic rings. The third kappa shape index (κ3) is 5.48. The molecule has 9 heteroatoms. The van der Waals surface area contributed by atoms with E-state index in [1.807, 2.05) is 0 Å².